The van der Waals surface area contributed by atoms with Gasteiger partial charge in [-0.1, -0.05) is 20.8 Å². The number of hydrogen-bond donors (Lipinski definition) is 3. The standard InChI is InChI=1S/C22H30O5/c1-13(2)22(26)10-9-21(4)12-17(24)14(3)11-18(19(21)22)27-20(25)15-5-7-16(23)8-6-15/h5-8,11,13,17-19,23-24,26H,9-10,12H2,1-4H3/t17-,18+,19+,21+,22+/m0/s1. The summed E-state index contributed by atoms with van der Waals surface area (Å²) in [5.41, 5.74) is -0.182. The van der Waals surface area contributed by atoms with E-state index >= 15 is 0 Å². The number of ether oxygens (including phenoxy) is 1. The summed E-state index contributed by atoms with van der Waals surface area (Å²) in [5.74, 6) is -0.709. The molecule has 3 rings (SSSR count). The van der Waals surface area contributed by atoms with Crippen molar-refractivity contribution >= 4 is 5.97 Å². The van der Waals surface area contributed by atoms with Crippen LogP contribution in [0.4, 0.5) is 0 Å². The van der Waals surface area contributed by atoms with Crippen molar-refractivity contribution < 1.29 is 24.9 Å². The normalized spacial score (nSPS) is 36.1. The number of esters is 1. The number of aliphatic hydroxyl groups excluding tert-OH is 1. The third-order valence-corrected chi connectivity index (χ3v) is 6.67. The van der Waals surface area contributed by atoms with Gasteiger partial charge in [0.1, 0.15) is 11.9 Å². The molecule has 27 heavy (non-hydrogen) atoms. The van der Waals surface area contributed by atoms with E-state index in [1.165, 1.54) is 24.3 Å². The summed E-state index contributed by atoms with van der Waals surface area (Å²) in [7, 11) is 0. The van der Waals surface area contributed by atoms with E-state index in [4.69, 9.17) is 4.74 Å². The van der Waals surface area contributed by atoms with Gasteiger partial charge in [-0.2, -0.15) is 0 Å². The SMILES string of the molecule is CC1=C[C@@H](OC(=O)c2ccc(O)cc2)[C@@H]2[C@](C)(CC[C@@]2(O)C(C)C)C[C@@H]1O. The zero-order chi connectivity index (χ0) is 20.0. The highest BCUT2D eigenvalue weighted by atomic mass is 16.5. The zero-order valence-electron chi connectivity index (χ0n) is 16.5. The molecule has 0 heterocycles. The van der Waals surface area contributed by atoms with Crippen molar-refractivity contribution in [2.45, 2.75) is 64.8 Å². The maximum Gasteiger partial charge on any atom is 0.338 e. The highest BCUT2D eigenvalue weighted by molar-refractivity contribution is 5.89. The molecule has 1 fully saturated rings. The van der Waals surface area contributed by atoms with Crippen molar-refractivity contribution in [1.82, 2.24) is 0 Å². The first kappa shape index (κ1) is 19.9. The Balaban J connectivity index is 1.98. The number of hydrogen-bond acceptors (Lipinski definition) is 5. The fourth-order valence-electron chi connectivity index (χ4n) is 4.92. The molecule has 0 radical (unpaired) electrons. The summed E-state index contributed by atoms with van der Waals surface area (Å²) < 4.78 is 5.87. The lowest BCUT2D eigenvalue weighted by Gasteiger charge is -2.43. The van der Waals surface area contributed by atoms with Crippen LogP contribution in [0.3, 0.4) is 0 Å². The third-order valence-electron chi connectivity index (χ3n) is 6.67. The molecule has 1 aromatic carbocycles. The molecule has 5 heteroatoms. The van der Waals surface area contributed by atoms with Gasteiger partial charge >= 0.3 is 5.97 Å². The molecule has 1 saturated carbocycles. The minimum Gasteiger partial charge on any atom is -0.508 e. The second-order valence-corrected chi connectivity index (χ2v) is 8.83. The van der Waals surface area contributed by atoms with Gasteiger partial charge in [-0.05, 0) is 73.4 Å². The number of aromatic hydroxyl groups is 1. The molecule has 0 aliphatic heterocycles. The molecule has 1 aromatic rings. The summed E-state index contributed by atoms with van der Waals surface area (Å²) in [6, 6.07) is 5.92. The van der Waals surface area contributed by atoms with Crippen LogP contribution in [0, 0.1) is 17.3 Å². The number of phenolic OH excluding ortho intramolecular Hbond substituents is 1. The van der Waals surface area contributed by atoms with E-state index in [2.05, 4.69) is 6.92 Å². The minimum absolute atomic E-state index is 0.00292. The first-order chi connectivity index (χ1) is 12.6. The molecule has 0 bridgehead atoms. The Morgan fingerprint density at radius 1 is 1.22 bits per heavy atom. The average molecular weight is 374 g/mol. The molecule has 3 N–H and O–H groups in total. The monoisotopic (exact) mass is 374 g/mol. The van der Waals surface area contributed by atoms with Crippen LogP contribution in [0.1, 0.15) is 57.3 Å². The highest BCUT2D eigenvalue weighted by Crippen LogP contribution is 2.58. The van der Waals surface area contributed by atoms with Gasteiger partial charge in [0.15, 0.2) is 0 Å². The largest absolute Gasteiger partial charge is 0.508 e. The average Bonchev–Trinajstić information content (AvgIpc) is 2.81. The van der Waals surface area contributed by atoms with Crippen molar-refractivity contribution in [2.24, 2.45) is 17.3 Å². The van der Waals surface area contributed by atoms with Crippen LogP contribution in [-0.4, -0.2) is 39.1 Å². The smallest absolute Gasteiger partial charge is 0.338 e. The Morgan fingerprint density at radius 2 is 1.85 bits per heavy atom. The molecule has 2 aliphatic carbocycles. The first-order valence-corrected chi connectivity index (χ1v) is 9.65. The van der Waals surface area contributed by atoms with Crippen molar-refractivity contribution in [3.63, 3.8) is 0 Å². The fourth-order valence-corrected chi connectivity index (χ4v) is 4.92. The second-order valence-electron chi connectivity index (χ2n) is 8.83. The lowest BCUT2D eigenvalue weighted by Crippen LogP contribution is -2.50. The van der Waals surface area contributed by atoms with Crippen molar-refractivity contribution in [3.8, 4) is 5.75 Å². The van der Waals surface area contributed by atoms with Gasteiger partial charge in [-0.15, -0.1) is 0 Å². The van der Waals surface area contributed by atoms with Gasteiger partial charge < -0.3 is 20.1 Å². The van der Waals surface area contributed by atoms with Crippen LogP contribution in [0.25, 0.3) is 0 Å². The number of benzene rings is 1. The Morgan fingerprint density at radius 3 is 2.44 bits per heavy atom. The van der Waals surface area contributed by atoms with Crippen LogP contribution in [0.5, 0.6) is 5.75 Å². The summed E-state index contributed by atoms with van der Waals surface area (Å²) in [4.78, 5) is 12.7. The molecule has 0 spiro atoms. The topological polar surface area (TPSA) is 87.0 Å². The third kappa shape index (κ3) is 3.50. The summed E-state index contributed by atoms with van der Waals surface area (Å²) in [6.07, 6.45) is 2.52. The molecule has 5 atom stereocenters. The number of carbonyl (C=O) groups excluding carboxylic acids is 1. The summed E-state index contributed by atoms with van der Waals surface area (Å²) >= 11 is 0. The first-order valence-electron chi connectivity index (χ1n) is 9.65. The number of carbonyl (C=O) groups is 1. The van der Waals surface area contributed by atoms with E-state index < -0.39 is 23.8 Å². The zero-order valence-corrected chi connectivity index (χ0v) is 16.5. The Kier molecular flexibility index (Phi) is 5.12. The van der Waals surface area contributed by atoms with Gasteiger partial charge in [0.25, 0.3) is 0 Å². The lowest BCUT2D eigenvalue weighted by atomic mass is 9.67. The van der Waals surface area contributed by atoms with Crippen molar-refractivity contribution in [2.75, 3.05) is 0 Å². The minimum atomic E-state index is -0.963. The van der Waals surface area contributed by atoms with E-state index in [9.17, 15) is 20.1 Å². The number of rotatable bonds is 3. The summed E-state index contributed by atoms with van der Waals surface area (Å²) in [5, 5.41) is 31.5. The quantitative estimate of drug-likeness (QED) is 0.557. The Labute approximate surface area is 160 Å². The van der Waals surface area contributed by atoms with E-state index in [0.717, 1.165) is 12.0 Å². The van der Waals surface area contributed by atoms with E-state index in [-0.39, 0.29) is 23.0 Å². The molecule has 2 aliphatic rings. The maximum absolute atomic E-state index is 12.7. The van der Waals surface area contributed by atoms with E-state index in [0.29, 0.717) is 18.4 Å². The van der Waals surface area contributed by atoms with Gasteiger partial charge in [0.2, 0.25) is 0 Å². The van der Waals surface area contributed by atoms with Gasteiger partial charge in [0, 0.05) is 5.92 Å². The molecule has 0 amide bonds. The van der Waals surface area contributed by atoms with Crippen LogP contribution in [0.2, 0.25) is 0 Å². The fraction of sp³-hybridized carbons (Fsp3) is 0.591. The van der Waals surface area contributed by atoms with Gasteiger partial charge in [-0.3, -0.25) is 0 Å². The predicted molar refractivity (Wildman–Crippen MR) is 102 cm³/mol. The van der Waals surface area contributed by atoms with E-state index in [1.807, 2.05) is 20.8 Å². The van der Waals surface area contributed by atoms with Gasteiger partial charge in [0.05, 0.1) is 17.3 Å². The van der Waals surface area contributed by atoms with Crippen molar-refractivity contribution in [1.29, 1.82) is 0 Å². The lowest BCUT2D eigenvalue weighted by molar-refractivity contribution is -0.104. The van der Waals surface area contributed by atoms with Crippen LogP contribution in [0.15, 0.2) is 35.9 Å². The molecular weight excluding hydrogens is 344 g/mol. The van der Waals surface area contributed by atoms with Crippen molar-refractivity contribution in [3.05, 3.63) is 41.5 Å². The predicted octanol–water partition coefficient (Wildman–Crippen LogP) is 3.43. The Bertz CT molecular complexity index is 738. The maximum atomic E-state index is 12.7. The van der Waals surface area contributed by atoms with Crippen LogP contribution >= 0.6 is 0 Å². The molecule has 5 nitrogen and oxygen atoms in total. The highest BCUT2D eigenvalue weighted by Gasteiger charge is 2.60. The number of aliphatic hydroxyl groups is 2. The Hall–Kier alpha value is -1.85. The second kappa shape index (κ2) is 6.95. The molecular formula is C22H30O5. The van der Waals surface area contributed by atoms with E-state index in [1.54, 1.807) is 6.08 Å². The molecule has 0 unspecified atom stereocenters. The van der Waals surface area contributed by atoms with Gasteiger partial charge in [-0.25, -0.2) is 4.79 Å². The van der Waals surface area contributed by atoms with Crippen LogP contribution < -0.4 is 0 Å². The van der Waals surface area contributed by atoms with Crippen LogP contribution in [-0.2, 0) is 4.74 Å². The molecule has 0 aromatic heterocycles. The number of phenols is 1. The molecule has 148 valence electrons. The summed E-state index contributed by atoms with van der Waals surface area (Å²) in [6.45, 7) is 7.89. The number of fused-ring (bicyclic) bond motifs is 1. The molecule has 0 saturated heterocycles.